The Morgan fingerprint density at radius 3 is 2.70 bits per heavy atom. The van der Waals surface area contributed by atoms with Gasteiger partial charge in [-0.3, -0.25) is 4.79 Å². The van der Waals surface area contributed by atoms with Crippen LogP contribution in [0.25, 0.3) is 0 Å². The number of hydrogen-bond donors (Lipinski definition) is 1. The average Bonchev–Trinajstić information content (AvgIpc) is 2.96. The van der Waals surface area contributed by atoms with E-state index in [1.807, 2.05) is 24.3 Å². The van der Waals surface area contributed by atoms with Crippen LogP contribution in [0, 0.1) is 5.92 Å². The molecule has 2 aliphatic rings. The zero-order valence-electron chi connectivity index (χ0n) is 11.5. The number of halogens is 1. The predicted octanol–water partition coefficient (Wildman–Crippen LogP) is 2.96. The number of rotatable bonds is 5. The molecule has 0 aromatic heterocycles. The molecule has 1 aliphatic carbocycles. The van der Waals surface area contributed by atoms with E-state index in [1.54, 1.807) is 0 Å². The van der Waals surface area contributed by atoms with Crippen molar-refractivity contribution in [2.75, 3.05) is 13.2 Å². The van der Waals surface area contributed by atoms with E-state index in [1.165, 1.54) is 5.56 Å². The Balaban J connectivity index is 1.53. The van der Waals surface area contributed by atoms with Crippen LogP contribution in [0.5, 0.6) is 0 Å². The quantitative estimate of drug-likeness (QED) is 0.906. The number of carbonyl (C=O) groups excluding carboxylic acids is 1. The minimum absolute atomic E-state index is 0.00955. The fourth-order valence-electron chi connectivity index (χ4n) is 2.84. The van der Waals surface area contributed by atoms with Gasteiger partial charge in [0.1, 0.15) is 0 Å². The summed E-state index contributed by atoms with van der Waals surface area (Å²) >= 11 is 5.90. The topological polar surface area (TPSA) is 38.3 Å². The lowest BCUT2D eigenvalue weighted by Crippen LogP contribution is -2.39. The minimum Gasteiger partial charge on any atom is -0.381 e. The molecule has 1 saturated heterocycles. The number of hydrogen-bond acceptors (Lipinski definition) is 2. The monoisotopic (exact) mass is 293 g/mol. The standard InChI is InChI=1S/C16H20ClNO2/c17-14-3-1-12(2-4-14)10-16(6-7-16)18-15(19)9-13-5-8-20-11-13/h1-4,13H,5-11H2,(H,18,19)/t13-/m1/s1. The molecule has 108 valence electrons. The van der Waals surface area contributed by atoms with Gasteiger partial charge >= 0.3 is 0 Å². The molecule has 1 aliphatic heterocycles. The van der Waals surface area contributed by atoms with Crippen LogP contribution in [-0.2, 0) is 16.0 Å². The predicted molar refractivity (Wildman–Crippen MR) is 78.8 cm³/mol. The number of amides is 1. The van der Waals surface area contributed by atoms with Crippen LogP contribution in [0.2, 0.25) is 5.02 Å². The van der Waals surface area contributed by atoms with Gasteiger partial charge in [0.05, 0.1) is 0 Å². The van der Waals surface area contributed by atoms with E-state index >= 15 is 0 Å². The third-order valence-electron chi connectivity index (χ3n) is 4.21. The van der Waals surface area contributed by atoms with Gasteiger partial charge in [-0.05, 0) is 49.3 Å². The largest absolute Gasteiger partial charge is 0.381 e. The van der Waals surface area contributed by atoms with Crippen molar-refractivity contribution in [3.63, 3.8) is 0 Å². The summed E-state index contributed by atoms with van der Waals surface area (Å²) in [5, 5.41) is 3.98. The number of carbonyl (C=O) groups is 1. The molecule has 0 spiro atoms. The Labute approximate surface area is 124 Å². The number of ether oxygens (including phenoxy) is 1. The molecule has 0 bridgehead atoms. The van der Waals surface area contributed by atoms with E-state index in [4.69, 9.17) is 16.3 Å². The molecule has 3 rings (SSSR count). The number of benzene rings is 1. The van der Waals surface area contributed by atoms with Crippen LogP contribution in [0.4, 0.5) is 0 Å². The minimum atomic E-state index is -0.00955. The van der Waals surface area contributed by atoms with E-state index in [0.717, 1.165) is 43.9 Å². The van der Waals surface area contributed by atoms with Gasteiger partial charge in [0.2, 0.25) is 5.91 Å². The molecule has 3 nitrogen and oxygen atoms in total. The Bertz CT molecular complexity index is 476. The summed E-state index contributed by atoms with van der Waals surface area (Å²) in [7, 11) is 0. The molecule has 20 heavy (non-hydrogen) atoms. The highest BCUT2D eigenvalue weighted by Crippen LogP contribution is 2.39. The van der Waals surface area contributed by atoms with Crippen molar-refractivity contribution < 1.29 is 9.53 Å². The molecule has 1 aromatic carbocycles. The number of nitrogens with one attached hydrogen (secondary N) is 1. The molecule has 4 heteroatoms. The first-order valence-corrected chi connectivity index (χ1v) is 7.66. The molecular weight excluding hydrogens is 274 g/mol. The van der Waals surface area contributed by atoms with Crippen molar-refractivity contribution in [2.24, 2.45) is 5.92 Å². The van der Waals surface area contributed by atoms with Gasteiger partial charge in [0.15, 0.2) is 0 Å². The van der Waals surface area contributed by atoms with Crippen LogP contribution < -0.4 is 5.32 Å². The lowest BCUT2D eigenvalue weighted by molar-refractivity contribution is -0.123. The Morgan fingerprint density at radius 2 is 2.10 bits per heavy atom. The maximum atomic E-state index is 12.1. The second kappa shape index (κ2) is 5.74. The fourth-order valence-corrected chi connectivity index (χ4v) is 2.97. The summed E-state index contributed by atoms with van der Waals surface area (Å²) in [5.41, 5.74) is 1.22. The molecule has 1 N–H and O–H groups in total. The van der Waals surface area contributed by atoms with Crippen molar-refractivity contribution >= 4 is 17.5 Å². The van der Waals surface area contributed by atoms with E-state index in [2.05, 4.69) is 5.32 Å². The second-order valence-electron chi connectivity index (χ2n) is 6.07. The van der Waals surface area contributed by atoms with E-state index in [9.17, 15) is 4.79 Å². The summed E-state index contributed by atoms with van der Waals surface area (Å²) < 4.78 is 5.32. The van der Waals surface area contributed by atoms with Gasteiger partial charge in [-0.1, -0.05) is 23.7 Å². The molecule has 1 amide bonds. The summed E-state index contributed by atoms with van der Waals surface area (Å²) in [6.07, 6.45) is 4.65. The van der Waals surface area contributed by atoms with Crippen molar-refractivity contribution in [3.8, 4) is 0 Å². The van der Waals surface area contributed by atoms with Crippen LogP contribution in [-0.4, -0.2) is 24.7 Å². The highest BCUT2D eigenvalue weighted by atomic mass is 35.5. The summed E-state index contributed by atoms with van der Waals surface area (Å²) in [6, 6.07) is 7.90. The zero-order chi connectivity index (χ0) is 14.0. The first kappa shape index (κ1) is 13.9. The first-order valence-electron chi connectivity index (χ1n) is 7.28. The van der Waals surface area contributed by atoms with Crippen molar-refractivity contribution in [3.05, 3.63) is 34.9 Å². The Kier molecular flexibility index (Phi) is 3.99. The van der Waals surface area contributed by atoms with Gasteiger partial charge in [0, 0.05) is 30.2 Å². The van der Waals surface area contributed by atoms with Crippen LogP contribution in [0.15, 0.2) is 24.3 Å². The lowest BCUT2D eigenvalue weighted by Gasteiger charge is -2.18. The normalized spacial score (nSPS) is 23.6. The third kappa shape index (κ3) is 3.53. The molecule has 1 aromatic rings. The first-order chi connectivity index (χ1) is 9.65. The Hall–Kier alpha value is -1.06. The fraction of sp³-hybridized carbons (Fsp3) is 0.562. The van der Waals surface area contributed by atoms with Gasteiger partial charge < -0.3 is 10.1 Å². The van der Waals surface area contributed by atoms with Crippen LogP contribution >= 0.6 is 11.6 Å². The summed E-state index contributed by atoms with van der Waals surface area (Å²) in [6.45, 7) is 1.53. The van der Waals surface area contributed by atoms with Crippen LogP contribution in [0.3, 0.4) is 0 Å². The Morgan fingerprint density at radius 1 is 1.35 bits per heavy atom. The molecule has 0 unspecified atom stereocenters. The molecule has 1 heterocycles. The highest BCUT2D eigenvalue weighted by Gasteiger charge is 2.44. The van der Waals surface area contributed by atoms with Gasteiger partial charge in [-0.2, -0.15) is 0 Å². The SMILES string of the molecule is O=C(C[C@H]1CCOC1)NC1(Cc2ccc(Cl)cc2)CC1. The van der Waals surface area contributed by atoms with E-state index in [0.29, 0.717) is 12.3 Å². The second-order valence-corrected chi connectivity index (χ2v) is 6.50. The molecular formula is C16H20ClNO2. The zero-order valence-corrected chi connectivity index (χ0v) is 12.3. The smallest absolute Gasteiger partial charge is 0.220 e. The maximum absolute atomic E-state index is 12.1. The highest BCUT2D eigenvalue weighted by molar-refractivity contribution is 6.30. The molecule has 0 radical (unpaired) electrons. The van der Waals surface area contributed by atoms with Gasteiger partial charge in [0.25, 0.3) is 0 Å². The molecule has 1 atom stereocenters. The summed E-state index contributed by atoms with van der Waals surface area (Å²) in [5.74, 6) is 0.577. The van der Waals surface area contributed by atoms with Crippen molar-refractivity contribution in [1.82, 2.24) is 5.32 Å². The van der Waals surface area contributed by atoms with Crippen molar-refractivity contribution in [1.29, 1.82) is 0 Å². The van der Waals surface area contributed by atoms with E-state index in [-0.39, 0.29) is 11.4 Å². The maximum Gasteiger partial charge on any atom is 0.220 e. The van der Waals surface area contributed by atoms with E-state index < -0.39 is 0 Å². The molecule has 1 saturated carbocycles. The summed E-state index contributed by atoms with van der Waals surface area (Å²) in [4.78, 5) is 12.1. The van der Waals surface area contributed by atoms with Crippen molar-refractivity contribution in [2.45, 2.75) is 37.6 Å². The van der Waals surface area contributed by atoms with Gasteiger partial charge in [-0.15, -0.1) is 0 Å². The molecule has 2 fully saturated rings. The van der Waals surface area contributed by atoms with Gasteiger partial charge in [-0.25, -0.2) is 0 Å². The average molecular weight is 294 g/mol. The lowest BCUT2D eigenvalue weighted by atomic mass is 10.0. The third-order valence-corrected chi connectivity index (χ3v) is 4.46. The van der Waals surface area contributed by atoms with Crippen LogP contribution in [0.1, 0.15) is 31.2 Å².